The van der Waals surface area contributed by atoms with Crippen LogP contribution in [0.5, 0.6) is 0 Å². The summed E-state index contributed by atoms with van der Waals surface area (Å²) in [4.78, 5) is 47.0. The molecule has 3 N–H and O–H groups in total. The molecule has 3 unspecified atom stereocenters. The van der Waals surface area contributed by atoms with Crippen LogP contribution in [0.1, 0.15) is 50.7 Å². The number of likely N-dealkylation sites (N-methyl/N-ethyl adjacent to an activating group) is 2. The molecule has 3 amide bonds. The Morgan fingerprint density at radius 3 is 2.28 bits per heavy atom. The Morgan fingerprint density at radius 2 is 1.61 bits per heavy atom. The average Bonchev–Trinajstić information content (AvgIpc) is 3.45. The van der Waals surface area contributed by atoms with Crippen LogP contribution < -0.4 is 11.1 Å². The average molecular weight is 626 g/mol. The van der Waals surface area contributed by atoms with Crippen LogP contribution in [0.3, 0.4) is 0 Å². The van der Waals surface area contributed by atoms with Crippen molar-refractivity contribution in [1.29, 1.82) is 0 Å². The van der Waals surface area contributed by atoms with Crippen molar-refractivity contribution >= 4 is 28.5 Å². The normalized spacial score (nSPS) is 16.8. The summed E-state index contributed by atoms with van der Waals surface area (Å²) in [5.41, 5.74) is 7.55. The van der Waals surface area contributed by atoms with Crippen LogP contribution in [-0.4, -0.2) is 90.3 Å². The molecule has 246 valence electrons. The zero-order valence-electron chi connectivity index (χ0n) is 28.1. The number of carbonyl (C=O) groups is 3. The van der Waals surface area contributed by atoms with E-state index in [1.54, 1.807) is 20.2 Å². The van der Waals surface area contributed by atoms with Gasteiger partial charge in [-0.2, -0.15) is 0 Å². The predicted octanol–water partition coefficient (Wildman–Crippen LogP) is 4.56. The van der Waals surface area contributed by atoms with E-state index in [2.05, 4.69) is 23.3 Å². The number of carbonyl (C=O) groups excluding carboxylic acids is 3. The van der Waals surface area contributed by atoms with Gasteiger partial charge in [-0.15, -0.1) is 0 Å². The summed E-state index contributed by atoms with van der Waals surface area (Å²) in [6.07, 6.45) is 7.61. The molecule has 1 aliphatic rings. The van der Waals surface area contributed by atoms with Gasteiger partial charge < -0.3 is 25.8 Å². The van der Waals surface area contributed by atoms with Crippen LogP contribution in [0.2, 0.25) is 0 Å². The summed E-state index contributed by atoms with van der Waals surface area (Å²) in [5, 5.41) is 5.29. The van der Waals surface area contributed by atoms with Gasteiger partial charge in [0.1, 0.15) is 12.1 Å². The van der Waals surface area contributed by atoms with E-state index in [0.29, 0.717) is 31.8 Å². The molecule has 1 saturated heterocycles. The maximum atomic E-state index is 14.5. The van der Waals surface area contributed by atoms with Crippen molar-refractivity contribution in [1.82, 2.24) is 20.0 Å². The molecule has 46 heavy (non-hydrogen) atoms. The standard InChI is InChI=1S/C38H51N5O3/c1-38(2,39)22-11-18-35(44)42(4)34(27-29-19-20-30-15-9-10-16-31(30)25-29)37(46)43(5)33(26-28-13-7-6-8-14-28)36(45)40-23-21-32-17-12-24-41(32)3/h6-11,13-16,18-20,25,32-34H,12,17,21-24,26-27,39H2,1-5H3,(H,40,45)/b18-11+. The van der Waals surface area contributed by atoms with Crippen molar-refractivity contribution in [3.8, 4) is 0 Å². The topological polar surface area (TPSA) is 99.0 Å². The van der Waals surface area contributed by atoms with Crippen LogP contribution in [0, 0.1) is 0 Å². The van der Waals surface area contributed by atoms with E-state index in [0.717, 1.165) is 41.3 Å². The van der Waals surface area contributed by atoms with Gasteiger partial charge >= 0.3 is 0 Å². The van der Waals surface area contributed by atoms with Crippen LogP contribution in [0.4, 0.5) is 0 Å². The van der Waals surface area contributed by atoms with E-state index >= 15 is 0 Å². The first kappa shape index (κ1) is 34.9. The zero-order chi connectivity index (χ0) is 33.3. The maximum absolute atomic E-state index is 14.5. The number of fused-ring (bicyclic) bond motifs is 1. The maximum Gasteiger partial charge on any atom is 0.246 e. The first-order chi connectivity index (χ1) is 21.9. The van der Waals surface area contributed by atoms with Gasteiger partial charge in [0.2, 0.25) is 17.7 Å². The lowest BCUT2D eigenvalue weighted by atomic mass is 9.98. The summed E-state index contributed by atoms with van der Waals surface area (Å²) in [6, 6.07) is 22.8. The second-order valence-electron chi connectivity index (χ2n) is 13.5. The van der Waals surface area contributed by atoms with Gasteiger partial charge in [0, 0.05) is 45.1 Å². The number of benzene rings is 3. The Labute approximate surface area is 274 Å². The van der Waals surface area contributed by atoms with Gasteiger partial charge in [-0.05, 0) is 81.1 Å². The molecule has 3 atom stereocenters. The van der Waals surface area contributed by atoms with Crippen LogP contribution in [-0.2, 0) is 27.2 Å². The van der Waals surface area contributed by atoms with Crippen LogP contribution in [0.15, 0.2) is 84.9 Å². The Morgan fingerprint density at radius 1 is 0.935 bits per heavy atom. The highest BCUT2D eigenvalue weighted by Gasteiger charge is 2.35. The van der Waals surface area contributed by atoms with E-state index in [1.807, 2.05) is 80.6 Å². The summed E-state index contributed by atoms with van der Waals surface area (Å²) >= 11 is 0. The largest absolute Gasteiger partial charge is 0.354 e. The van der Waals surface area contributed by atoms with Crippen molar-refractivity contribution in [2.45, 2.75) is 76.0 Å². The number of nitrogens with two attached hydrogens (primary N) is 1. The second-order valence-corrected chi connectivity index (χ2v) is 13.5. The van der Waals surface area contributed by atoms with Gasteiger partial charge in [-0.3, -0.25) is 14.4 Å². The van der Waals surface area contributed by atoms with Gasteiger partial charge in [0.25, 0.3) is 0 Å². The summed E-state index contributed by atoms with van der Waals surface area (Å²) < 4.78 is 0. The van der Waals surface area contributed by atoms with Crippen molar-refractivity contribution in [2.75, 3.05) is 34.2 Å². The minimum absolute atomic E-state index is 0.191. The summed E-state index contributed by atoms with van der Waals surface area (Å²) in [6.45, 7) is 5.42. The van der Waals surface area contributed by atoms with E-state index in [1.165, 1.54) is 22.3 Å². The summed E-state index contributed by atoms with van der Waals surface area (Å²) in [5.74, 6) is -0.770. The third kappa shape index (κ3) is 9.74. The fourth-order valence-corrected chi connectivity index (χ4v) is 6.17. The molecule has 3 aromatic carbocycles. The monoisotopic (exact) mass is 625 g/mol. The lowest BCUT2D eigenvalue weighted by Gasteiger charge is -2.34. The number of nitrogens with one attached hydrogen (secondary N) is 1. The van der Waals surface area contributed by atoms with Crippen LogP contribution >= 0.6 is 0 Å². The molecule has 8 heteroatoms. The molecule has 1 fully saturated rings. The van der Waals surface area contributed by atoms with Gasteiger partial charge in [-0.25, -0.2) is 0 Å². The lowest BCUT2D eigenvalue weighted by molar-refractivity contribution is -0.146. The minimum atomic E-state index is -0.826. The molecule has 0 bridgehead atoms. The number of hydrogen-bond acceptors (Lipinski definition) is 5. The Kier molecular flexibility index (Phi) is 12.1. The molecule has 4 rings (SSSR count). The van der Waals surface area contributed by atoms with Crippen molar-refractivity contribution in [2.24, 2.45) is 5.73 Å². The first-order valence-corrected chi connectivity index (χ1v) is 16.4. The van der Waals surface area contributed by atoms with E-state index in [9.17, 15) is 14.4 Å². The zero-order valence-corrected chi connectivity index (χ0v) is 28.1. The molecule has 1 heterocycles. The Bertz CT molecular complexity index is 1500. The molecule has 0 aliphatic carbocycles. The highest BCUT2D eigenvalue weighted by Crippen LogP contribution is 2.21. The van der Waals surface area contributed by atoms with Crippen LogP contribution in [0.25, 0.3) is 10.8 Å². The number of rotatable bonds is 14. The Balaban J connectivity index is 1.59. The SMILES string of the molecule is CN1CCCC1CCNC(=O)C(Cc1ccccc1)N(C)C(=O)C(Cc1ccc2ccccc2c1)N(C)C(=O)/C=C/CC(C)(C)N. The van der Waals surface area contributed by atoms with Crippen molar-refractivity contribution in [3.63, 3.8) is 0 Å². The number of nitrogens with zero attached hydrogens (tertiary/aromatic N) is 3. The smallest absolute Gasteiger partial charge is 0.246 e. The van der Waals surface area contributed by atoms with Gasteiger partial charge in [-0.1, -0.05) is 78.9 Å². The fourth-order valence-electron chi connectivity index (χ4n) is 6.17. The number of amides is 3. The summed E-state index contributed by atoms with van der Waals surface area (Å²) in [7, 11) is 5.46. The quantitative estimate of drug-likeness (QED) is 0.256. The molecule has 1 aliphatic heterocycles. The molecule has 3 aromatic rings. The third-order valence-electron chi connectivity index (χ3n) is 9.09. The third-order valence-corrected chi connectivity index (χ3v) is 9.09. The number of hydrogen-bond donors (Lipinski definition) is 2. The number of likely N-dealkylation sites (tertiary alicyclic amines) is 1. The highest BCUT2D eigenvalue weighted by atomic mass is 16.2. The molecule has 8 nitrogen and oxygen atoms in total. The molecule has 0 radical (unpaired) electrons. The van der Waals surface area contributed by atoms with Crippen molar-refractivity contribution < 1.29 is 14.4 Å². The highest BCUT2D eigenvalue weighted by molar-refractivity contribution is 5.95. The molecule has 0 spiro atoms. The van der Waals surface area contributed by atoms with E-state index in [4.69, 9.17) is 5.73 Å². The minimum Gasteiger partial charge on any atom is -0.354 e. The Hall–Kier alpha value is -4.01. The van der Waals surface area contributed by atoms with E-state index < -0.39 is 17.6 Å². The molecule has 0 saturated carbocycles. The predicted molar refractivity (Wildman–Crippen MR) is 186 cm³/mol. The first-order valence-electron chi connectivity index (χ1n) is 16.4. The molecular formula is C38H51N5O3. The van der Waals surface area contributed by atoms with Gasteiger partial charge in [0.15, 0.2) is 0 Å². The lowest BCUT2D eigenvalue weighted by Crippen LogP contribution is -2.56. The molecular weight excluding hydrogens is 574 g/mol. The van der Waals surface area contributed by atoms with Gasteiger partial charge in [0.05, 0.1) is 0 Å². The van der Waals surface area contributed by atoms with E-state index in [-0.39, 0.29) is 17.7 Å². The van der Waals surface area contributed by atoms with Crippen molar-refractivity contribution in [3.05, 3.63) is 96.1 Å². The molecule has 0 aromatic heterocycles. The second kappa shape index (κ2) is 16.0. The fraction of sp³-hybridized carbons (Fsp3) is 0.447.